The molecule has 2 N–H and O–H groups in total. The summed E-state index contributed by atoms with van der Waals surface area (Å²) in [7, 11) is -4.48. The average Bonchev–Trinajstić information content (AvgIpc) is 2.56. The Morgan fingerprint density at radius 1 is 1.29 bits per heavy atom. The molecule has 0 spiro atoms. The number of sulfonamides is 1. The van der Waals surface area contributed by atoms with Crippen molar-refractivity contribution in [3.63, 3.8) is 0 Å². The van der Waals surface area contributed by atoms with E-state index in [4.69, 9.17) is 45.3 Å². The Kier molecular flexibility index (Phi) is 5.99. The third kappa shape index (κ3) is 3.76. The molecule has 2 aliphatic rings. The molecule has 6 nitrogen and oxygen atoms in total. The van der Waals surface area contributed by atoms with Gasteiger partial charge in [0.15, 0.2) is 0 Å². The van der Waals surface area contributed by atoms with Gasteiger partial charge in [-0.3, -0.25) is 4.79 Å². The van der Waals surface area contributed by atoms with Crippen molar-refractivity contribution in [2.75, 3.05) is 19.7 Å². The predicted octanol–water partition coefficient (Wildman–Crippen LogP) is 3.24. The van der Waals surface area contributed by atoms with Crippen LogP contribution in [0.15, 0.2) is 41.0 Å². The number of nitrogens with two attached hydrogens (primary N) is 1. The van der Waals surface area contributed by atoms with Crippen molar-refractivity contribution in [3.8, 4) is 5.75 Å². The highest BCUT2D eigenvalue weighted by atomic mass is 35.5. The van der Waals surface area contributed by atoms with Gasteiger partial charge in [-0.2, -0.15) is 4.31 Å². The van der Waals surface area contributed by atoms with Crippen molar-refractivity contribution in [3.05, 3.63) is 51.0 Å². The van der Waals surface area contributed by atoms with Crippen molar-refractivity contribution >= 4 is 50.7 Å². The van der Waals surface area contributed by atoms with Gasteiger partial charge in [0.1, 0.15) is 18.3 Å². The highest BCUT2D eigenvalue weighted by Gasteiger charge is 2.56. The lowest BCUT2D eigenvalue weighted by atomic mass is 9.93. The molecule has 1 aromatic rings. The van der Waals surface area contributed by atoms with E-state index in [-0.39, 0.29) is 35.3 Å². The van der Waals surface area contributed by atoms with Crippen LogP contribution in [-0.2, 0) is 14.8 Å². The molecule has 2 unspecified atom stereocenters. The Morgan fingerprint density at radius 2 is 1.96 bits per heavy atom. The molecule has 11 heteroatoms. The van der Waals surface area contributed by atoms with Crippen molar-refractivity contribution in [1.29, 1.82) is 0 Å². The summed E-state index contributed by atoms with van der Waals surface area (Å²) < 4.78 is 47.8. The van der Waals surface area contributed by atoms with Crippen molar-refractivity contribution in [2.45, 2.75) is 11.4 Å². The maximum Gasteiger partial charge on any atom is 0.258 e. The summed E-state index contributed by atoms with van der Waals surface area (Å²) in [6.07, 6.45) is 2.43. The van der Waals surface area contributed by atoms with Crippen molar-refractivity contribution in [1.82, 2.24) is 4.31 Å². The van der Waals surface area contributed by atoms with Crippen LogP contribution in [0.25, 0.3) is 0 Å². The van der Waals surface area contributed by atoms with E-state index in [1.54, 1.807) is 6.07 Å². The van der Waals surface area contributed by atoms with Gasteiger partial charge in [-0.25, -0.2) is 12.8 Å². The van der Waals surface area contributed by atoms with E-state index in [1.165, 1.54) is 12.1 Å². The first-order chi connectivity index (χ1) is 13.1. The molecule has 0 bridgehead atoms. The van der Waals surface area contributed by atoms with Gasteiger partial charge in [0, 0.05) is 29.8 Å². The Labute approximate surface area is 176 Å². The number of halogens is 4. The molecule has 1 saturated heterocycles. The fourth-order valence-electron chi connectivity index (χ4n) is 2.84. The van der Waals surface area contributed by atoms with Gasteiger partial charge in [-0.15, -0.1) is 0 Å². The number of carbonyl (C=O) groups is 1. The van der Waals surface area contributed by atoms with Crippen LogP contribution >= 0.6 is 34.8 Å². The smallest absolute Gasteiger partial charge is 0.258 e. The van der Waals surface area contributed by atoms with Gasteiger partial charge in [0.05, 0.1) is 10.0 Å². The van der Waals surface area contributed by atoms with E-state index >= 15 is 4.39 Å². The summed E-state index contributed by atoms with van der Waals surface area (Å²) in [5, 5.41) is -2.48. The van der Waals surface area contributed by atoms with E-state index in [2.05, 4.69) is 0 Å². The largest absolute Gasteiger partial charge is 0.489 e. The summed E-state index contributed by atoms with van der Waals surface area (Å²) in [5.74, 6) is -2.56. The van der Waals surface area contributed by atoms with Crippen LogP contribution in [0, 0.1) is 5.92 Å². The van der Waals surface area contributed by atoms with Crippen LogP contribution in [0.3, 0.4) is 0 Å². The summed E-state index contributed by atoms with van der Waals surface area (Å²) >= 11 is 17.9. The van der Waals surface area contributed by atoms with Crippen molar-refractivity contribution < 1.29 is 22.3 Å². The molecule has 1 aliphatic heterocycles. The number of benzene rings is 1. The lowest BCUT2D eigenvalue weighted by Gasteiger charge is -2.39. The minimum Gasteiger partial charge on any atom is -0.489 e. The SMILES string of the molecule is NC(=O)C1C=C(Cl)C(COc2ccc(Cl)c(Cl)c2)=CC1(F)S(=O)(=O)N1CCC1. The topological polar surface area (TPSA) is 89.7 Å². The number of nitrogens with zero attached hydrogens (tertiary/aromatic N) is 1. The first-order valence-corrected chi connectivity index (χ1v) is 10.8. The fraction of sp³-hybridized carbons (Fsp3) is 0.353. The number of rotatable bonds is 6. The molecule has 0 saturated carbocycles. The zero-order valence-electron chi connectivity index (χ0n) is 14.4. The van der Waals surface area contributed by atoms with Crippen LogP contribution in [0.1, 0.15) is 6.42 Å². The zero-order chi connectivity index (χ0) is 20.7. The second-order valence-electron chi connectivity index (χ2n) is 6.38. The number of primary amides is 1. The number of hydrogen-bond donors (Lipinski definition) is 1. The van der Waals surface area contributed by atoms with Crippen LogP contribution < -0.4 is 10.5 Å². The number of amides is 1. The maximum atomic E-state index is 15.8. The fourth-order valence-corrected chi connectivity index (χ4v) is 5.29. The first kappa shape index (κ1) is 21.4. The van der Waals surface area contributed by atoms with E-state index in [0.717, 1.165) is 16.5 Å². The monoisotopic (exact) mass is 468 g/mol. The van der Waals surface area contributed by atoms with Gasteiger partial charge in [-0.05, 0) is 30.7 Å². The highest BCUT2D eigenvalue weighted by Crippen LogP contribution is 2.42. The van der Waals surface area contributed by atoms with E-state index < -0.39 is 26.8 Å². The number of carbonyl (C=O) groups excluding carboxylic acids is 1. The molecule has 1 fully saturated rings. The molecule has 3 rings (SSSR count). The Hall–Kier alpha value is -1.32. The van der Waals surface area contributed by atoms with Gasteiger partial charge in [0.25, 0.3) is 15.0 Å². The van der Waals surface area contributed by atoms with Crippen LogP contribution in [0.2, 0.25) is 10.0 Å². The highest BCUT2D eigenvalue weighted by molar-refractivity contribution is 7.90. The number of ether oxygens (including phenoxy) is 1. The Morgan fingerprint density at radius 3 is 2.50 bits per heavy atom. The lowest BCUT2D eigenvalue weighted by molar-refractivity contribution is -0.122. The summed E-state index contributed by atoms with van der Waals surface area (Å²) in [4.78, 5) is 11.8. The standard InChI is InChI=1S/C17H16Cl3FN2O4S/c18-13-3-2-11(6-15(13)20)27-9-10-8-17(21,12(16(22)24)7-14(10)19)28(25,26)23-4-1-5-23/h2-3,6-8,12H,1,4-5,9H2,(H2,22,24). The minimum absolute atomic E-state index is 0.0176. The summed E-state index contributed by atoms with van der Waals surface area (Å²) in [6, 6.07) is 4.51. The average molecular weight is 470 g/mol. The van der Waals surface area contributed by atoms with E-state index in [0.29, 0.717) is 17.2 Å². The molecular weight excluding hydrogens is 454 g/mol. The zero-order valence-corrected chi connectivity index (χ0v) is 17.5. The molecule has 2 atom stereocenters. The molecule has 28 heavy (non-hydrogen) atoms. The summed E-state index contributed by atoms with van der Waals surface area (Å²) in [6.45, 7) is 0.111. The Bertz CT molecular complexity index is 979. The third-order valence-corrected chi connectivity index (χ3v) is 7.87. The van der Waals surface area contributed by atoms with E-state index in [1.807, 2.05) is 0 Å². The van der Waals surface area contributed by atoms with E-state index in [9.17, 15) is 13.2 Å². The Balaban J connectivity index is 1.92. The van der Waals surface area contributed by atoms with Gasteiger partial charge < -0.3 is 10.5 Å². The minimum atomic E-state index is -4.48. The predicted molar refractivity (Wildman–Crippen MR) is 106 cm³/mol. The van der Waals surface area contributed by atoms with Crippen molar-refractivity contribution in [2.24, 2.45) is 11.7 Å². The van der Waals surface area contributed by atoms with Crippen LogP contribution in [0.5, 0.6) is 5.75 Å². The number of alkyl halides is 1. The number of hydrogen-bond acceptors (Lipinski definition) is 4. The van der Waals surface area contributed by atoms with Gasteiger partial charge in [-0.1, -0.05) is 34.8 Å². The summed E-state index contributed by atoms with van der Waals surface area (Å²) in [5.41, 5.74) is 5.32. The first-order valence-electron chi connectivity index (χ1n) is 8.21. The molecular formula is C17H16Cl3FN2O4S. The normalized spacial score (nSPS) is 25.5. The molecule has 1 amide bonds. The van der Waals surface area contributed by atoms with Gasteiger partial charge >= 0.3 is 0 Å². The van der Waals surface area contributed by atoms with Crippen LogP contribution in [-0.4, -0.2) is 43.3 Å². The second kappa shape index (κ2) is 7.84. The molecule has 0 radical (unpaired) electrons. The third-order valence-electron chi connectivity index (χ3n) is 4.56. The molecule has 152 valence electrons. The lowest BCUT2D eigenvalue weighted by Crippen LogP contribution is -2.56. The molecule has 1 aromatic carbocycles. The molecule has 1 aliphatic carbocycles. The maximum absolute atomic E-state index is 15.8. The van der Waals surface area contributed by atoms with Gasteiger partial charge in [0.2, 0.25) is 5.91 Å². The molecule has 1 heterocycles. The molecule has 0 aromatic heterocycles. The quantitative estimate of drug-likeness (QED) is 0.692. The van der Waals surface area contributed by atoms with Crippen LogP contribution in [0.4, 0.5) is 4.39 Å². The second-order valence-corrected chi connectivity index (χ2v) is 9.70.